The molecule has 0 aromatic heterocycles. The molecule has 2 aliphatic heterocycles. The SMILES string of the molecule is CC1CC2(CN1Cc1ccccc1)OC(=O)N=C2N. The number of benzene rings is 1. The third-order valence-electron chi connectivity index (χ3n) is 3.90. The molecule has 1 aromatic rings. The first-order valence-electron chi connectivity index (χ1n) is 6.45. The summed E-state index contributed by atoms with van der Waals surface area (Å²) in [6, 6.07) is 10.5. The van der Waals surface area contributed by atoms with E-state index in [1.165, 1.54) is 5.56 Å². The zero-order valence-electron chi connectivity index (χ0n) is 10.9. The van der Waals surface area contributed by atoms with Crippen molar-refractivity contribution >= 4 is 11.9 Å². The van der Waals surface area contributed by atoms with Crippen molar-refractivity contribution in [1.29, 1.82) is 0 Å². The van der Waals surface area contributed by atoms with Crippen LogP contribution in [-0.2, 0) is 11.3 Å². The highest BCUT2D eigenvalue weighted by molar-refractivity contribution is 6.02. The van der Waals surface area contributed by atoms with Crippen LogP contribution in [0.5, 0.6) is 0 Å². The lowest BCUT2D eigenvalue weighted by molar-refractivity contribution is 0.0852. The van der Waals surface area contributed by atoms with E-state index in [1.54, 1.807) is 0 Å². The third kappa shape index (κ3) is 2.10. The maximum atomic E-state index is 11.3. The van der Waals surface area contributed by atoms with Crippen LogP contribution in [0.25, 0.3) is 0 Å². The minimum atomic E-state index is -0.703. The fraction of sp³-hybridized carbons (Fsp3) is 0.429. The molecule has 0 radical (unpaired) electrons. The number of hydrogen-bond acceptors (Lipinski definition) is 4. The fourth-order valence-electron chi connectivity index (χ4n) is 2.89. The molecule has 1 saturated heterocycles. The lowest BCUT2D eigenvalue weighted by Crippen LogP contribution is -2.45. The lowest BCUT2D eigenvalue weighted by Gasteiger charge is -2.23. The normalized spacial score (nSPS) is 30.7. The molecule has 1 amide bonds. The van der Waals surface area contributed by atoms with E-state index < -0.39 is 11.7 Å². The Balaban J connectivity index is 1.76. The summed E-state index contributed by atoms with van der Waals surface area (Å²) in [6.45, 7) is 3.57. The minimum Gasteiger partial charge on any atom is -0.432 e. The van der Waals surface area contributed by atoms with Crippen LogP contribution in [0.3, 0.4) is 0 Å². The van der Waals surface area contributed by atoms with E-state index in [-0.39, 0.29) is 0 Å². The van der Waals surface area contributed by atoms with Gasteiger partial charge in [0, 0.05) is 25.6 Å². The summed E-state index contributed by atoms with van der Waals surface area (Å²) in [5.41, 5.74) is 6.40. The second kappa shape index (κ2) is 4.35. The molecular weight excluding hydrogens is 242 g/mol. The van der Waals surface area contributed by atoms with Gasteiger partial charge in [0.25, 0.3) is 0 Å². The second-order valence-corrected chi connectivity index (χ2v) is 5.30. The number of carbonyl (C=O) groups excluding carboxylic acids is 1. The van der Waals surface area contributed by atoms with Gasteiger partial charge in [-0.3, -0.25) is 4.90 Å². The highest BCUT2D eigenvalue weighted by atomic mass is 16.6. The number of likely N-dealkylation sites (tertiary alicyclic amines) is 1. The van der Waals surface area contributed by atoms with Crippen molar-refractivity contribution in [2.45, 2.75) is 31.5 Å². The number of nitrogens with two attached hydrogens (primary N) is 1. The smallest absolute Gasteiger partial charge is 0.432 e. The number of aliphatic imine (C=N–C) groups is 1. The van der Waals surface area contributed by atoms with E-state index in [2.05, 4.69) is 28.9 Å². The van der Waals surface area contributed by atoms with Crippen LogP contribution in [-0.4, -0.2) is 35.0 Å². The highest BCUT2D eigenvalue weighted by Crippen LogP contribution is 2.34. The predicted octanol–water partition coefficient (Wildman–Crippen LogP) is 1.53. The number of nitrogens with zero attached hydrogens (tertiary/aromatic N) is 2. The average molecular weight is 259 g/mol. The number of amides is 1. The molecule has 2 unspecified atom stereocenters. The molecule has 2 N–H and O–H groups in total. The van der Waals surface area contributed by atoms with E-state index in [9.17, 15) is 4.79 Å². The van der Waals surface area contributed by atoms with E-state index >= 15 is 0 Å². The van der Waals surface area contributed by atoms with Crippen LogP contribution in [0, 0.1) is 0 Å². The van der Waals surface area contributed by atoms with Crippen LogP contribution < -0.4 is 5.73 Å². The third-order valence-corrected chi connectivity index (χ3v) is 3.90. The van der Waals surface area contributed by atoms with E-state index in [0.29, 0.717) is 24.8 Å². The summed E-state index contributed by atoms with van der Waals surface area (Å²) in [6.07, 6.45) is 0.146. The van der Waals surface area contributed by atoms with Crippen molar-refractivity contribution in [3.63, 3.8) is 0 Å². The molecule has 1 fully saturated rings. The molecule has 2 atom stereocenters. The Morgan fingerprint density at radius 3 is 2.84 bits per heavy atom. The summed E-state index contributed by atoms with van der Waals surface area (Å²) >= 11 is 0. The van der Waals surface area contributed by atoms with Gasteiger partial charge in [0.05, 0.1) is 0 Å². The predicted molar refractivity (Wildman–Crippen MR) is 71.8 cm³/mol. The Morgan fingerprint density at radius 2 is 2.21 bits per heavy atom. The summed E-state index contributed by atoms with van der Waals surface area (Å²) in [5.74, 6) is 0.319. The van der Waals surface area contributed by atoms with Gasteiger partial charge < -0.3 is 10.5 Å². The quantitative estimate of drug-likeness (QED) is 0.874. The molecule has 2 heterocycles. The molecule has 19 heavy (non-hydrogen) atoms. The van der Waals surface area contributed by atoms with Crippen molar-refractivity contribution in [3.8, 4) is 0 Å². The van der Waals surface area contributed by atoms with Crippen LogP contribution >= 0.6 is 0 Å². The van der Waals surface area contributed by atoms with Gasteiger partial charge in [-0.25, -0.2) is 4.79 Å². The number of ether oxygens (including phenoxy) is 1. The first kappa shape index (κ1) is 12.2. The highest BCUT2D eigenvalue weighted by Gasteiger charge is 2.51. The number of amidine groups is 1. The summed E-state index contributed by atoms with van der Waals surface area (Å²) in [7, 11) is 0. The van der Waals surface area contributed by atoms with Crippen molar-refractivity contribution in [2.75, 3.05) is 6.54 Å². The van der Waals surface area contributed by atoms with Crippen molar-refractivity contribution in [3.05, 3.63) is 35.9 Å². The second-order valence-electron chi connectivity index (χ2n) is 5.30. The number of rotatable bonds is 2. The number of carbonyl (C=O) groups is 1. The van der Waals surface area contributed by atoms with Gasteiger partial charge in [-0.2, -0.15) is 4.99 Å². The Labute approximate surface area is 112 Å². The Kier molecular flexibility index (Phi) is 2.78. The minimum absolute atomic E-state index is 0.305. The maximum Gasteiger partial charge on any atom is 0.436 e. The molecule has 3 rings (SSSR count). The van der Waals surface area contributed by atoms with Gasteiger partial charge in [0.15, 0.2) is 11.4 Å². The average Bonchev–Trinajstić information content (AvgIpc) is 2.81. The molecule has 100 valence electrons. The Morgan fingerprint density at radius 1 is 1.47 bits per heavy atom. The Hall–Kier alpha value is -1.88. The lowest BCUT2D eigenvalue weighted by atomic mass is 10.00. The maximum absolute atomic E-state index is 11.3. The molecule has 1 spiro atoms. The fourth-order valence-corrected chi connectivity index (χ4v) is 2.89. The van der Waals surface area contributed by atoms with Gasteiger partial charge in [-0.15, -0.1) is 0 Å². The summed E-state index contributed by atoms with van der Waals surface area (Å²) in [5, 5.41) is 0. The van der Waals surface area contributed by atoms with Crippen LogP contribution in [0.2, 0.25) is 0 Å². The molecule has 1 aromatic carbocycles. The van der Waals surface area contributed by atoms with Gasteiger partial charge in [-0.05, 0) is 12.5 Å². The van der Waals surface area contributed by atoms with E-state index in [1.807, 2.05) is 18.2 Å². The standard InChI is InChI=1S/C14H17N3O2/c1-10-7-14(12(15)16-13(18)19-14)9-17(10)8-11-5-3-2-4-6-11/h2-6,10H,7-9H2,1H3,(H2,15,16,18). The zero-order valence-corrected chi connectivity index (χ0v) is 10.9. The largest absolute Gasteiger partial charge is 0.436 e. The van der Waals surface area contributed by atoms with Crippen LogP contribution in [0.1, 0.15) is 18.9 Å². The van der Waals surface area contributed by atoms with E-state index in [0.717, 1.165) is 6.54 Å². The van der Waals surface area contributed by atoms with E-state index in [4.69, 9.17) is 10.5 Å². The van der Waals surface area contributed by atoms with Crippen molar-refractivity contribution < 1.29 is 9.53 Å². The number of hydrogen-bond donors (Lipinski definition) is 1. The first-order valence-corrected chi connectivity index (χ1v) is 6.45. The van der Waals surface area contributed by atoms with Gasteiger partial charge in [-0.1, -0.05) is 30.3 Å². The van der Waals surface area contributed by atoms with Gasteiger partial charge in [0.1, 0.15) is 0 Å². The molecule has 0 saturated carbocycles. The first-order chi connectivity index (χ1) is 9.09. The summed E-state index contributed by atoms with van der Waals surface area (Å²) in [4.78, 5) is 17.3. The molecular formula is C14H17N3O2. The van der Waals surface area contributed by atoms with Crippen LogP contribution in [0.15, 0.2) is 35.3 Å². The molecule has 0 bridgehead atoms. The topological polar surface area (TPSA) is 67.9 Å². The Bertz CT molecular complexity index is 529. The van der Waals surface area contributed by atoms with Gasteiger partial charge >= 0.3 is 6.09 Å². The monoisotopic (exact) mass is 259 g/mol. The van der Waals surface area contributed by atoms with Crippen molar-refractivity contribution in [2.24, 2.45) is 10.7 Å². The molecule has 5 nitrogen and oxygen atoms in total. The molecule has 2 aliphatic rings. The molecule has 0 aliphatic carbocycles. The van der Waals surface area contributed by atoms with Gasteiger partial charge in [0.2, 0.25) is 0 Å². The zero-order chi connectivity index (χ0) is 13.5. The van der Waals surface area contributed by atoms with Crippen LogP contribution in [0.4, 0.5) is 4.79 Å². The molecule has 5 heteroatoms. The summed E-state index contributed by atoms with van der Waals surface area (Å²) < 4.78 is 5.35. The van der Waals surface area contributed by atoms with Crippen molar-refractivity contribution in [1.82, 2.24) is 4.90 Å².